The Kier molecular flexibility index (Phi) is 5.31. The summed E-state index contributed by atoms with van der Waals surface area (Å²) in [6, 6.07) is 1.74. The van der Waals surface area contributed by atoms with E-state index < -0.39 is 35.5 Å². The van der Waals surface area contributed by atoms with E-state index in [-0.39, 0.29) is 6.42 Å². The van der Waals surface area contributed by atoms with Gasteiger partial charge >= 0.3 is 17.7 Å². The van der Waals surface area contributed by atoms with Crippen LogP contribution in [0.25, 0.3) is 4.85 Å². The second kappa shape index (κ2) is 6.79. The van der Waals surface area contributed by atoms with Gasteiger partial charge in [-0.1, -0.05) is 12.7 Å². The summed E-state index contributed by atoms with van der Waals surface area (Å²) in [4.78, 5) is 14.7. The minimum Gasteiger partial charge on any atom is -0.431 e. The summed E-state index contributed by atoms with van der Waals surface area (Å²) in [7, 11) is 0. The number of carbonyl (C=O) groups excluding carboxylic acids is 1. The summed E-state index contributed by atoms with van der Waals surface area (Å²) in [5.41, 5.74) is -3.94. The van der Waals surface area contributed by atoms with Crippen LogP contribution in [0.4, 0.5) is 13.2 Å². The first-order valence-corrected chi connectivity index (χ1v) is 6.10. The molecule has 0 bridgehead atoms. The molecule has 1 aromatic rings. The molecule has 120 valence electrons. The number of carbonyl (C=O) groups is 1. The maximum Gasteiger partial charge on any atom is 0.436 e. The van der Waals surface area contributed by atoms with E-state index in [0.29, 0.717) is 6.26 Å². The fraction of sp³-hybridized carbons (Fsp3) is 0.286. The predicted molar refractivity (Wildman–Crippen MR) is 72.6 cm³/mol. The highest BCUT2D eigenvalue weighted by Gasteiger charge is 2.42. The standard InChI is InChI=1S/C14H11F3N4O2/c1-4-6-13(8-18,19-3)9-21-7-10(12(22)23-5-2)11(20-21)14(15,16)17/h4-5,7H,1-2,6,9H2. The van der Waals surface area contributed by atoms with Gasteiger partial charge in [0, 0.05) is 6.20 Å². The number of nitriles is 1. The van der Waals surface area contributed by atoms with E-state index in [1.165, 1.54) is 6.08 Å². The molecule has 23 heavy (non-hydrogen) atoms. The van der Waals surface area contributed by atoms with E-state index in [9.17, 15) is 18.0 Å². The van der Waals surface area contributed by atoms with Crippen LogP contribution in [0.3, 0.4) is 0 Å². The van der Waals surface area contributed by atoms with Gasteiger partial charge in [0.15, 0.2) is 11.8 Å². The van der Waals surface area contributed by atoms with Crippen LogP contribution in [-0.2, 0) is 17.5 Å². The zero-order valence-corrected chi connectivity index (χ0v) is 11.8. The Morgan fingerprint density at radius 3 is 2.65 bits per heavy atom. The number of esters is 1. The molecule has 1 rings (SSSR count). The fourth-order valence-electron chi connectivity index (χ4n) is 1.76. The highest BCUT2D eigenvalue weighted by atomic mass is 19.4. The zero-order valence-electron chi connectivity index (χ0n) is 11.8. The molecule has 0 spiro atoms. The molecule has 0 amide bonds. The lowest BCUT2D eigenvalue weighted by Crippen LogP contribution is -2.28. The Balaban J connectivity index is 3.33. The zero-order chi connectivity index (χ0) is 17.7. The quantitative estimate of drug-likeness (QED) is 0.349. The number of hydrogen-bond acceptors (Lipinski definition) is 4. The van der Waals surface area contributed by atoms with Crippen molar-refractivity contribution in [2.75, 3.05) is 0 Å². The molecule has 0 radical (unpaired) electrons. The molecule has 1 heterocycles. The lowest BCUT2D eigenvalue weighted by Gasteiger charge is -2.12. The number of rotatable bonds is 6. The van der Waals surface area contributed by atoms with Crippen molar-refractivity contribution in [3.8, 4) is 6.07 Å². The maximum absolute atomic E-state index is 13.0. The van der Waals surface area contributed by atoms with E-state index >= 15 is 0 Å². The van der Waals surface area contributed by atoms with Crippen LogP contribution in [0.15, 0.2) is 31.7 Å². The summed E-state index contributed by atoms with van der Waals surface area (Å²) < 4.78 is 43.9. The van der Waals surface area contributed by atoms with Crippen molar-refractivity contribution < 1.29 is 22.7 Å². The van der Waals surface area contributed by atoms with Gasteiger partial charge in [-0.2, -0.15) is 23.5 Å². The van der Waals surface area contributed by atoms with Crippen LogP contribution in [0.2, 0.25) is 0 Å². The summed E-state index contributed by atoms with van der Waals surface area (Å²) in [5, 5.41) is 12.4. The lowest BCUT2D eigenvalue weighted by molar-refractivity contribution is -0.142. The molecule has 0 aliphatic heterocycles. The third-order valence-corrected chi connectivity index (χ3v) is 2.77. The molecular weight excluding hydrogens is 313 g/mol. The van der Waals surface area contributed by atoms with Crippen molar-refractivity contribution >= 4 is 5.97 Å². The Morgan fingerprint density at radius 2 is 2.22 bits per heavy atom. The molecule has 6 nitrogen and oxygen atoms in total. The topological polar surface area (TPSA) is 72.3 Å². The van der Waals surface area contributed by atoms with E-state index in [4.69, 9.17) is 11.8 Å². The molecule has 1 aromatic heterocycles. The van der Waals surface area contributed by atoms with Crippen molar-refractivity contribution in [2.24, 2.45) is 0 Å². The third-order valence-electron chi connectivity index (χ3n) is 2.77. The summed E-state index contributed by atoms with van der Waals surface area (Å²) in [6.45, 7) is 13.1. The first kappa shape index (κ1) is 18.0. The highest BCUT2D eigenvalue weighted by Crippen LogP contribution is 2.31. The van der Waals surface area contributed by atoms with Gasteiger partial charge in [0.2, 0.25) is 0 Å². The van der Waals surface area contributed by atoms with Gasteiger partial charge in [-0.3, -0.25) is 9.53 Å². The molecule has 0 aromatic carbocycles. The number of alkyl halides is 3. The normalized spacial score (nSPS) is 13.3. The number of nitrogens with zero attached hydrogens (tertiary/aromatic N) is 4. The van der Waals surface area contributed by atoms with E-state index in [2.05, 4.69) is 27.8 Å². The summed E-state index contributed by atoms with van der Waals surface area (Å²) in [6.07, 6.45) is -2.18. The molecule has 0 saturated carbocycles. The monoisotopic (exact) mass is 324 g/mol. The molecule has 1 atom stereocenters. The number of ether oxygens (including phenoxy) is 1. The molecule has 0 aliphatic rings. The van der Waals surface area contributed by atoms with Crippen molar-refractivity contribution in [1.82, 2.24) is 9.78 Å². The van der Waals surface area contributed by atoms with Gasteiger partial charge in [0.1, 0.15) is 12.1 Å². The number of halogens is 3. The lowest BCUT2D eigenvalue weighted by atomic mass is 9.98. The van der Waals surface area contributed by atoms with E-state index in [0.717, 1.165) is 10.9 Å². The van der Waals surface area contributed by atoms with Crippen molar-refractivity contribution in [3.05, 3.63) is 54.4 Å². The molecule has 0 N–H and O–H groups in total. The van der Waals surface area contributed by atoms with Crippen LogP contribution >= 0.6 is 0 Å². The summed E-state index contributed by atoms with van der Waals surface area (Å²) in [5.74, 6) is -1.28. The Bertz CT molecular complexity index is 693. The Hall–Kier alpha value is -3.07. The number of aromatic nitrogens is 2. The number of hydrogen-bond donors (Lipinski definition) is 0. The SMILES string of the molecule is [C-]#[N+]C(C#N)(CC=C)Cn1cc(C(=O)OC=C)c(C(F)(F)F)n1. The molecule has 0 saturated heterocycles. The van der Waals surface area contributed by atoms with Gasteiger partial charge < -0.3 is 4.74 Å². The smallest absolute Gasteiger partial charge is 0.431 e. The highest BCUT2D eigenvalue weighted by molar-refractivity contribution is 5.91. The maximum atomic E-state index is 13.0. The largest absolute Gasteiger partial charge is 0.436 e. The second-order valence-electron chi connectivity index (χ2n) is 4.41. The average Bonchev–Trinajstić information content (AvgIpc) is 2.91. The van der Waals surface area contributed by atoms with Gasteiger partial charge in [-0.15, -0.1) is 6.58 Å². The first-order valence-electron chi connectivity index (χ1n) is 6.10. The Morgan fingerprint density at radius 1 is 1.57 bits per heavy atom. The average molecular weight is 324 g/mol. The van der Waals surface area contributed by atoms with Crippen LogP contribution in [0, 0.1) is 17.9 Å². The van der Waals surface area contributed by atoms with Crippen LogP contribution in [0.1, 0.15) is 22.5 Å². The van der Waals surface area contributed by atoms with Crippen LogP contribution in [-0.4, -0.2) is 21.3 Å². The van der Waals surface area contributed by atoms with Crippen molar-refractivity contribution in [3.63, 3.8) is 0 Å². The second-order valence-corrected chi connectivity index (χ2v) is 4.41. The minimum absolute atomic E-state index is 0.0688. The molecule has 9 heteroatoms. The van der Waals surface area contributed by atoms with Crippen LogP contribution in [0.5, 0.6) is 0 Å². The third kappa shape index (κ3) is 3.98. The van der Waals surface area contributed by atoms with Gasteiger partial charge in [0.25, 0.3) is 0 Å². The van der Waals surface area contributed by atoms with Crippen molar-refractivity contribution in [2.45, 2.75) is 24.7 Å². The molecule has 1 unspecified atom stereocenters. The van der Waals surface area contributed by atoms with Crippen molar-refractivity contribution in [1.29, 1.82) is 5.26 Å². The Labute approximate surface area is 129 Å². The van der Waals surface area contributed by atoms with E-state index in [1.54, 1.807) is 6.07 Å². The first-order chi connectivity index (χ1) is 10.7. The van der Waals surface area contributed by atoms with E-state index in [1.807, 2.05) is 0 Å². The van der Waals surface area contributed by atoms with Gasteiger partial charge in [-0.05, 0) is 0 Å². The molecule has 0 fully saturated rings. The van der Waals surface area contributed by atoms with Gasteiger partial charge in [0.05, 0.1) is 12.7 Å². The summed E-state index contributed by atoms with van der Waals surface area (Å²) >= 11 is 0. The van der Waals surface area contributed by atoms with Gasteiger partial charge in [-0.25, -0.2) is 11.4 Å². The predicted octanol–water partition coefficient (Wildman–Crippen LogP) is 2.96. The molecular formula is C14H11F3N4O2. The molecule has 0 aliphatic carbocycles. The van der Waals surface area contributed by atoms with Crippen LogP contribution < -0.4 is 0 Å². The fourth-order valence-corrected chi connectivity index (χ4v) is 1.76. The minimum atomic E-state index is -4.90.